The second-order valence-electron chi connectivity index (χ2n) is 27.3. The molecule has 2 heterocycles. The van der Waals surface area contributed by atoms with Crippen molar-refractivity contribution in [1.29, 1.82) is 0 Å². The number of hydrogen-bond acceptors (Lipinski definition) is 5. The largest absolute Gasteiger partial charge is 0.299 e. The highest BCUT2D eigenvalue weighted by molar-refractivity contribution is 5.84. The van der Waals surface area contributed by atoms with Gasteiger partial charge in [-0.05, 0) is 109 Å². The van der Waals surface area contributed by atoms with Gasteiger partial charge in [0.2, 0.25) is 0 Å². The smallest absolute Gasteiger partial charge is 0.138 e. The Hall–Kier alpha value is -3.61. The van der Waals surface area contributed by atoms with E-state index in [2.05, 4.69) is 284 Å². The molecule has 0 aliphatic rings. The van der Waals surface area contributed by atoms with Crippen molar-refractivity contribution in [2.45, 2.75) is 365 Å². The minimum Gasteiger partial charge on any atom is -0.299 e. The lowest BCUT2D eigenvalue weighted by Crippen LogP contribution is -2.25. The second kappa shape index (κ2) is 64.4. The number of Topliss-reactive ketones (excluding diaryl/α,β-unsaturated/α-hetero) is 1. The van der Waals surface area contributed by atoms with E-state index < -0.39 is 0 Å². The van der Waals surface area contributed by atoms with Crippen LogP contribution in [-0.4, -0.2) is 35.8 Å². The van der Waals surface area contributed by atoms with Gasteiger partial charge in [0.25, 0.3) is 0 Å². The van der Waals surface area contributed by atoms with Gasteiger partial charge in [-0.15, -0.1) is 10.2 Å². The molecular formula is C76H154N6O. The molecule has 0 saturated carbocycles. The van der Waals surface area contributed by atoms with Gasteiger partial charge in [-0.3, -0.25) is 14.2 Å². The molecule has 0 spiro atoms. The highest BCUT2D eigenvalue weighted by Crippen LogP contribution is 2.29. The zero-order valence-corrected chi connectivity index (χ0v) is 63.6. The molecule has 494 valence electrons. The maximum absolute atomic E-state index is 11.5. The SMILES string of the molecule is CC(C)(C)CC(=O)C(C)(C)C.CC(C)(C)CCC(C)(C)C.CCC.CCC.CCC.CCC.CCC.CCC.CCC.CCc1ccc(CC)cc1.CCc1cccc(CC(C)(C)C)c1.CCc1cn(CC)nn1.CCc1cn(CC)nn1. The van der Waals surface area contributed by atoms with Gasteiger partial charge in [-0.25, -0.2) is 0 Å². The third-order valence-electron chi connectivity index (χ3n) is 9.67. The molecule has 0 fully saturated rings. The summed E-state index contributed by atoms with van der Waals surface area (Å²) in [4.78, 5) is 11.5. The topological polar surface area (TPSA) is 78.5 Å². The second-order valence-corrected chi connectivity index (χ2v) is 27.3. The summed E-state index contributed by atoms with van der Waals surface area (Å²) in [5.74, 6) is 0.352. The first-order chi connectivity index (χ1) is 38.3. The Balaban J connectivity index is -0.000000106. The normalized spacial score (nSPS) is 10.1. The first-order valence-corrected chi connectivity index (χ1v) is 33.8. The number of benzene rings is 2. The molecule has 0 amide bonds. The molecule has 0 aliphatic carbocycles. The van der Waals surface area contributed by atoms with Gasteiger partial charge >= 0.3 is 0 Å². The third kappa shape index (κ3) is 89.8. The number of ketones is 1. The van der Waals surface area contributed by atoms with Crippen LogP contribution in [-0.2, 0) is 56.4 Å². The number of aromatic nitrogens is 6. The molecule has 0 atom stereocenters. The highest BCUT2D eigenvalue weighted by Gasteiger charge is 2.25. The number of nitrogens with zero attached hydrogens (tertiary/aromatic N) is 6. The van der Waals surface area contributed by atoms with Crippen molar-refractivity contribution in [1.82, 2.24) is 30.0 Å². The number of aryl methyl sites for hydroxylation is 7. The Morgan fingerprint density at radius 2 is 0.639 bits per heavy atom. The summed E-state index contributed by atoms with van der Waals surface area (Å²) >= 11 is 0. The van der Waals surface area contributed by atoms with E-state index in [9.17, 15) is 4.79 Å². The zero-order valence-electron chi connectivity index (χ0n) is 63.6. The van der Waals surface area contributed by atoms with Crippen LogP contribution < -0.4 is 0 Å². The predicted octanol–water partition coefficient (Wildman–Crippen LogP) is 25.2. The Morgan fingerprint density at radius 3 is 0.807 bits per heavy atom. The lowest BCUT2D eigenvalue weighted by Gasteiger charge is -2.24. The van der Waals surface area contributed by atoms with Gasteiger partial charge in [0.1, 0.15) is 5.78 Å². The molecule has 0 saturated heterocycles. The lowest BCUT2D eigenvalue weighted by molar-refractivity contribution is -0.128. The molecule has 0 bridgehead atoms. The average Bonchev–Trinajstić information content (AvgIpc) is 4.07. The Kier molecular flexibility index (Phi) is 76.4. The highest BCUT2D eigenvalue weighted by atomic mass is 16.1. The van der Waals surface area contributed by atoms with Gasteiger partial charge in [-0.1, -0.05) is 339 Å². The Morgan fingerprint density at radius 1 is 0.361 bits per heavy atom. The van der Waals surface area contributed by atoms with E-state index in [1.807, 2.05) is 56.4 Å². The van der Waals surface area contributed by atoms with Gasteiger partial charge in [0.05, 0.1) is 11.4 Å². The van der Waals surface area contributed by atoms with Crippen LogP contribution in [0, 0.1) is 27.1 Å². The van der Waals surface area contributed by atoms with Gasteiger partial charge < -0.3 is 0 Å². The standard InChI is InChI=1S/C13H20.C10H20O.C10H14.C10H22.2C6H11N3.7C3H8/c1-5-11-7-6-8-12(9-11)10-13(2,3)4;1-9(2,3)7-8(11)10(4,5)6;1-3-9-5-7-10(4-2)8-6-9;1-9(2,3)7-8-10(4,5)6;2*1-3-6-5-9(4-2)8-7-6;7*1-3-2/h6-9H,5,10H2,1-4H3;7H2,1-6H3;5-8H,3-4H2,1-2H3;7-8H2,1-6H3;2*5H,3-4H2,1-2H3;7*3H2,1-2H3. The quantitative estimate of drug-likeness (QED) is 0.158. The van der Waals surface area contributed by atoms with E-state index in [0.717, 1.165) is 56.6 Å². The van der Waals surface area contributed by atoms with Crippen molar-refractivity contribution in [3.63, 3.8) is 0 Å². The zero-order chi connectivity index (χ0) is 67.3. The summed E-state index contributed by atoms with van der Waals surface area (Å²) in [7, 11) is 0. The van der Waals surface area contributed by atoms with Crippen molar-refractivity contribution in [3.05, 3.63) is 94.6 Å². The van der Waals surface area contributed by atoms with Crippen LogP contribution in [0.1, 0.15) is 347 Å². The summed E-state index contributed by atoms with van der Waals surface area (Å²) in [6, 6.07) is 17.7. The van der Waals surface area contributed by atoms with E-state index in [1.54, 1.807) is 0 Å². The molecule has 0 N–H and O–H groups in total. The lowest BCUT2D eigenvalue weighted by atomic mass is 9.80. The monoisotopic (exact) mass is 1170 g/mol. The Bertz CT molecular complexity index is 1700. The summed E-state index contributed by atoms with van der Waals surface area (Å²) in [5.41, 5.74) is 9.27. The van der Waals surface area contributed by atoms with E-state index in [-0.39, 0.29) is 10.8 Å². The molecule has 0 unspecified atom stereocenters. The minimum absolute atomic E-state index is 0.129. The van der Waals surface area contributed by atoms with Crippen molar-refractivity contribution in [2.24, 2.45) is 27.1 Å². The fraction of sp³-hybridized carbons (Fsp3) is 0.776. The van der Waals surface area contributed by atoms with E-state index >= 15 is 0 Å². The van der Waals surface area contributed by atoms with Crippen LogP contribution in [0.4, 0.5) is 0 Å². The number of rotatable bonds is 10. The van der Waals surface area contributed by atoms with E-state index in [0.29, 0.717) is 28.4 Å². The van der Waals surface area contributed by atoms with Crippen LogP contribution in [0.5, 0.6) is 0 Å². The van der Waals surface area contributed by atoms with Crippen molar-refractivity contribution in [3.8, 4) is 0 Å². The number of hydrogen-bond donors (Lipinski definition) is 0. The fourth-order valence-corrected chi connectivity index (χ4v) is 5.39. The molecule has 83 heavy (non-hydrogen) atoms. The molecule has 2 aromatic heterocycles. The predicted molar refractivity (Wildman–Crippen MR) is 383 cm³/mol. The van der Waals surface area contributed by atoms with Crippen LogP contribution in [0.15, 0.2) is 60.9 Å². The maximum Gasteiger partial charge on any atom is 0.138 e. The molecule has 0 radical (unpaired) electrons. The summed E-state index contributed by atoms with van der Waals surface area (Å²) in [6.45, 7) is 79.3. The summed E-state index contributed by atoms with van der Waals surface area (Å²) < 4.78 is 3.66. The average molecular weight is 1170 g/mol. The minimum atomic E-state index is -0.173. The van der Waals surface area contributed by atoms with Crippen LogP contribution in [0.25, 0.3) is 0 Å². The van der Waals surface area contributed by atoms with Crippen LogP contribution in [0.2, 0.25) is 0 Å². The summed E-state index contributed by atoms with van der Waals surface area (Å²) in [6.07, 6.45) is 22.6. The van der Waals surface area contributed by atoms with E-state index in [4.69, 9.17) is 0 Å². The van der Waals surface area contributed by atoms with Crippen molar-refractivity contribution >= 4 is 5.78 Å². The van der Waals surface area contributed by atoms with Gasteiger partial charge in [0.15, 0.2) is 0 Å². The number of carbonyl (C=O) groups excluding carboxylic acids is 1. The van der Waals surface area contributed by atoms with Gasteiger partial charge in [0, 0.05) is 37.3 Å². The van der Waals surface area contributed by atoms with E-state index in [1.165, 1.54) is 86.5 Å². The first-order valence-electron chi connectivity index (χ1n) is 33.8. The summed E-state index contributed by atoms with van der Waals surface area (Å²) in [5, 5.41) is 15.6. The Labute approximate surface area is 524 Å². The van der Waals surface area contributed by atoms with Crippen LogP contribution >= 0.6 is 0 Å². The molecule has 4 rings (SSSR count). The van der Waals surface area contributed by atoms with Crippen molar-refractivity contribution < 1.29 is 4.79 Å². The number of carbonyl (C=O) groups is 1. The molecule has 7 nitrogen and oxygen atoms in total. The van der Waals surface area contributed by atoms with Gasteiger partial charge in [-0.2, -0.15) is 0 Å². The van der Waals surface area contributed by atoms with Crippen LogP contribution in [0.3, 0.4) is 0 Å². The molecule has 0 aliphatic heterocycles. The van der Waals surface area contributed by atoms with Crippen molar-refractivity contribution in [2.75, 3.05) is 0 Å². The maximum atomic E-state index is 11.5. The first kappa shape index (κ1) is 98.5. The molecular weight excluding hydrogens is 1010 g/mol. The fourth-order valence-electron chi connectivity index (χ4n) is 5.39. The third-order valence-corrected chi connectivity index (χ3v) is 9.67. The molecule has 7 heteroatoms. The molecule has 2 aromatic carbocycles. The molecule has 4 aromatic rings.